The van der Waals surface area contributed by atoms with Crippen LogP contribution < -0.4 is 0 Å². The van der Waals surface area contributed by atoms with Gasteiger partial charge in [-0.05, 0) is 13.8 Å². The van der Waals surface area contributed by atoms with Crippen molar-refractivity contribution in [1.29, 1.82) is 0 Å². The molecule has 2 unspecified atom stereocenters. The molecular weight excluding hydrogens is 394 g/mol. The van der Waals surface area contributed by atoms with Crippen molar-refractivity contribution in [1.82, 2.24) is 0 Å². The summed E-state index contributed by atoms with van der Waals surface area (Å²) in [6.45, 7) is 2.83. The van der Waals surface area contributed by atoms with Crippen molar-refractivity contribution in [3.05, 3.63) is 0 Å². The van der Waals surface area contributed by atoms with Crippen LogP contribution in [0.4, 0.5) is 0 Å². The zero-order valence-corrected chi connectivity index (χ0v) is 16.6. The number of hydrogen-bond acceptors (Lipinski definition) is 9. The van der Waals surface area contributed by atoms with Gasteiger partial charge < -0.3 is 24.4 Å². The van der Waals surface area contributed by atoms with Crippen LogP contribution in [0, 0.1) is 0 Å². The molecule has 154 valence electrons. The Morgan fingerprint density at radius 3 is 2.08 bits per heavy atom. The molecule has 0 amide bonds. The first kappa shape index (κ1) is 22.4. The molecule has 0 radical (unpaired) electrons. The highest BCUT2D eigenvalue weighted by Gasteiger charge is 2.41. The number of ether oxygens (including phenoxy) is 2. The molecule has 2 aliphatic rings. The van der Waals surface area contributed by atoms with Gasteiger partial charge in [0, 0.05) is 20.0 Å². The Hall–Kier alpha value is 0.1000. The monoisotopic (exact) mass is 420 g/mol. The first-order chi connectivity index (χ1) is 12.0. The lowest BCUT2D eigenvalue weighted by molar-refractivity contribution is -0.0348. The van der Waals surface area contributed by atoms with Gasteiger partial charge in [0.25, 0.3) is 0 Å². The largest absolute Gasteiger partial charge is 0.472 e. The normalized spacial score (nSPS) is 39.6. The molecule has 0 saturated carbocycles. The van der Waals surface area contributed by atoms with E-state index in [2.05, 4.69) is 4.52 Å². The van der Waals surface area contributed by atoms with Crippen LogP contribution in [-0.2, 0) is 36.7 Å². The number of aliphatic hydroxyl groups excluding tert-OH is 1. The average Bonchev–Trinajstić information content (AvgIpc) is 3.04. The molecule has 11 nitrogen and oxygen atoms in total. The van der Waals surface area contributed by atoms with Gasteiger partial charge in [-0.3, -0.25) is 18.1 Å². The summed E-state index contributed by atoms with van der Waals surface area (Å²) in [7, 11) is -7.65. The zero-order valence-electron chi connectivity index (χ0n) is 14.8. The maximum atomic E-state index is 12.2. The van der Waals surface area contributed by atoms with Gasteiger partial charge >= 0.3 is 15.6 Å². The lowest BCUT2D eigenvalue weighted by Crippen LogP contribution is -2.30. The predicted octanol–water partition coefficient (Wildman–Crippen LogP) is 0.968. The minimum atomic E-state index is -4.47. The van der Waals surface area contributed by atoms with E-state index in [1.807, 2.05) is 0 Å². The third kappa shape index (κ3) is 6.61. The van der Waals surface area contributed by atoms with Gasteiger partial charge in [-0.15, -0.1) is 0 Å². The highest BCUT2D eigenvalue weighted by atomic mass is 31.2. The van der Waals surface area contributed by atoms with Gasteiger partial charge in [0.15, 0.2) is 0 Å². The van der Waals surface area contributed by atoms with E-state index in [-0.39, 0.29) is 31.8 Å². The van der Waals surface area contributed by atoms with E-state index in [1.165, 1.54) is 0 Å². The van der Waals surface area contributed by atoms with Crippen LogP contribution in [0.3, 0.4) is 0 Å². The molecule has 0 aromatic carbocycles. The van der Waals surface area contributed by atoms with Gasteiger partial charge in [0.2, 0.25) is 0 Å². The lowest BCUT2D eigenvalue weighted by Gasteiger charge is -2.23. The molecule has 26 heavy (non-hydrogen) atoms. The average molecular weight is 420 g/mol. The summed E-state index contributed by atoms with van der Waals surface area (Å²) in [5, 5.41) is 9.77. The first-order valence-corrected chi connectivity index (χ1v) is 11.2. The molecule has 2 rings (SSSR count). The summed E-state index contributed by atoms with van der Waals surface area (Å²) in [5.41, 5.74) is 0. The predicted molar refractivity (Wildman–Crippen MR) is 87.3 cm³/mol. The molecule has 0 aliphatic carbocycles. The maximum Gasteiger partial charge on any atom is 0.472 e. The van der Waals surface area contributed by atoms with Crippen molar-refractivity contribution in [3.63, 3.8) is 0 Å². The number of hydrogen-bond donors (Lipinski definition) is 3. The molecule has 2 saturated heterocycles. The molecular formula is C13H26O11P2. The van der Waals surface area contributed by atoms with Gasteiger partial charge in [-0.1, -0.05) is 0 Å². The Bertz CT molecular complexity index is 558. The minimum Gasteiger partial charge on any atom is -0.390 e. The Morgan fingerprint density at radius 2 is 1.50 bits per heavy atom. The molecule has 0 aromatic rings. The van der Waals surface area contributed by atoms with E-state index in [0.29, 0.717) is 6.42 Å². The fraction of sp³-hybridized carbons (Fsp3) is 1.00. The van der Waals surface area contributed by atoms with Crippen LogP contribution in [-0.4, -0.2) is 71.8 Å². The van der Waals surface area contributed by atoms with Crippen molar-refractivity contribution >= 4 is 15.6 Å². The summed E-state index contributed by atoms with van der Waals surface area (Å²) in [4.78, 5) is 19.2. The maximum absolute atomic E-state index is 12.2. The fourth-order valence-corrected chi connectivity index (χ4v) is 4.26. The van der Waals surface area contributed by atoms with Crippen molar-refractivity contribution in [2.75, 3.05) is 20.3 Å². The van der Waals surface area contributed by atoms with Gasteiger partial charge in [-0.25, -0.2) is 9.13 Å². The number of rotatable bonds is 9. The van der Waals surface area contributed by atoms with Crippen LogP contribution in [0.1, 0.15) is 26.7 Å². The van der Waals surface area contributed by atoms with Crippen LogP contribution in [0.5, 0.6) is 0 Å². The minimum absolute atomic E-state index is 0.168. The van der Waals surface area contributed by atoms with Crippen molar-refractivity contribution in [3.8, 4) is 0 Å². The standard InChI is InChI=1S/C13H26O11P2/c1-8-4-10(14)12(22-8)6-21-26(17,18)24-11-5-9(2)23-13(11)7-20-25(15,16)19-3/h8-14H,4-7H2,1-3H3,(H,15,16)(H,17,18)/t8-,9-,10+,11+,12+,13+/m0/s1. The van der Waals surface area contributed by atoms with E-state index in [9.17, 15) is 24.0 Å². The van der Waals surface area contributed by atoms with Crippen molar-refractivity contribution in [2.24, 2.45) is 0 Å². The third-order valence-corrected chi connectivity index (χ3v) is 6.05. The Morgan fingerprint density at radius 1 is 0.962 bits per heavy atom. The Balaban J connectivity index is 1.87. The van der Waals surface area contributed by atoms with E-state index in [4.69, 9.17) is 23.0 Å². The van der Waals surface area contributed by atoms with E-state index in [1.54, 1.807) is 13.8 Å². The number of phosphoric ester groups is 2. The summed E-state index contributed by atoms with van der Waals surface area (Å²) < 4.78 is 53.5. The molecule has 0 bridgehead atoms. The highest BCUT2D eigenvalue weighted by Crippen LogP contribution is 2.49. The van der Waals surface area contributed by atoms with Gasteiger partial charge in [-0.2, -0.15) is 0 Å². The smallest absolute Gasteiger partial charge is 0.390 e. The molecule has 3 N–H and O–H groups in total. The Labute approximate surface area is 151 Å². The molecule has 2 aliphatic heterocycles. The third-order valence-electron chi connectivity index (χ3n) is 4.10. The molecule has 8 atom stereocenters. The quantitative estimate of drug-likeness (QED) is 0.458. The van der Waals surface area contributed by atoms with Crippen molar-refractivity contribution < 1.29 is 51.6 Å². The second kappa shape index (κ2) is 9.07. The molecule has 0 spiro atoms. The molecule has 2 heterocycles. The molecule has 13 heteroatoms. The van der Waals surface area contributed by atoms with Gasteiger partial charge in [0.1, 0.15) is 18.3 Å². The van der Waals surface area contributed by atoms with E-state index < -0.39 is 40.1 Å². The lowest BCUT2D eigenvalue weighted by atomic mass is 10.1. The topological polar surface area (TPSA) is 150 Å². The molecule has 0 aromatic heterocycles. The van der Waals surface area contributed by atoms with E-state index >= 15 is 0 Å². The zero-order chi connectivity index (χ0) is 19.5. The summed E-state index contributed by atoms with van der Waals surface area (Å²) in [5.74, 6) is 0. The second-order valence-electron chi connectivity index (χ2n) is 6.36. The summed E-state index contributed by atoms with van der Waals surface area (Å²) in [6.07, 6.45) is -3.02. The first-order valence-electron chi connectivity index (χ1n) is 8.19. The fourth-order valence-electron chi connectivity index (χ4n) is 2.85. The van der Waals surface area contributed by atoms with Crippen LogP contribution in [0.2, 0.25) is 0 Å². The van der Waals surface area contributed by atoms with Crippen LogP contribution in [0.15, 0.2) is 0 Å². The summed E-state index contributed by atoms with van der Waals surface area (Å²) in [6, 6.07) is 0. The Kier molecular flexibility index (Phi) is 7.81. The van der Waals surface area contributed by atoms with Crippen LogP contribution >= 0.6 is 15.6 Å². The van der Waals surface area contributed by atoms with E-state index in [0.717, 1.165) is 7.11 Å². The summed E-state index contributed by atoms with van der Waals surface area (Å²) >= 11 is 0. The molecule has 2 fully saturated rings. The second-order valence-corrected chi connectivity index (χ2v) is 9.33. The van der Waals surface area contributed by atoms with Crippen LogP contribution in [0.25, 0.3) is 0 Å². The number of aliphatic hydroxyl groups is 1. The SMILES string of the molecule is COP(=O)(O)OC[C@H]1O[C@@H](C)C[C@H]1OP(=O)(O)OC[C@H]1O[C@@H](C)C[C@H]1O. The van der Waals surface area contributed by atoms with Gasteiger partial charge in [0.05, 0.1) is 31.5 Å². The van der Waals surface area contributed by atoms with Crippen molar-refractivity contribution in [2.45, 2.75) is 63.3 Å². The highest BCUT2D eigenvalue weighted by molar-refractivity contribution is 7.47. The number of phosphoric acid groups is 2.